The molecule has 2 N–H and O–H groups in total. The van der Waals surface area contributed by atoms with Crippen molar-refractivity contribution in [3.05, 3.63) is 83.6 Å². The molecule has 2 aromatic heterocycles. The van der Waals surface area contributed by atoms with Crippen LogP contribution in [0.3, 0.4) is 0 Å². The molecule has 0 spiro atoms. The number of benzene rings is 2. The topological polar surface area (TPSA) is 105 Å². The summed E-state index contributed by atoms with van der Waals surface area (Å²) in [6.07, 6.45) is 4.74. The maximum Gasteiger partial charge on any atom is 0.250 e. The van der Waals surface area contributed by atoms with E-state index in [4.69, 9.17) is 11.6 Å². The lowest BCUT2D eigenvalue weighted by atomic mass is 10.2. The van der Waals surface area contributed by atoms with Crippen molar-refractivity contribution >= 4 is 35.5 Å². The Labute approximate surface area is 193 Å². The van der Waals surface area contributed by atoms with Gasteiger partial charge in [0.2, 0.25) is 0 Å². The SMILES string of the molecule is O=C(CSc1nnc(-c2ccncc2)n1-c1ccc(Cl)cc1)N/N=C/c1ccccc1O. The lowest BCUT2D eigenvalue weighted by Gasteiger charge is -2.10. The standard InChI is InChI=1S/C22H17ClN6O2S/c23-17-5-7-18(8-6-17)29-21(15-9-11-24-12-10-15)27-28-22(29)32-14-20(31)26-25-13-16-3-1-2-4-19(16)30/h1-13,30H,14H2,(H,26,31)/b25-13+. The molecule has 2 aromatic carbocycles. The van der Waals surface area contributed by atoms with Crippen molar-refractivity contribution in [1.29, 1.82) is 0 Å². The molecule has 0 aliphatic rings. The van der Waals surface area contributed by atoms with Gasteiger partial charge < -0.3 is 5.11 Å². The summed E-state index contributed by atoms with van der Waals surface area (Å²) in [5, 5.41) is 23.4. The minimum Gasteiger partial charge on any atom is -0.507 e. The average Bonchev–Trinajstić information content (AvgIpc) is 3.24. The van der Waals surface area contributed by atoms with E-state index in [1.807, 2.05) is 28.8 Å². The number of hydrazone groups is 1. The van der Waals surface area contributed by atoms with Crippen molar-refractivity contribution in [2.24, 2.45) is 5.10 Å². The van der Waals surface area contributed by atoms with Gasteiger partial charge >= 0.3 is 0 Å². The van der Waals surface area contributed by atoms with Crippen molar-refractivity contribution in [1.82, 2.24) is 25.2 Å². The Morgan fingerprint density at radius 1 is 1.09 bits per heavy atom. The number of thioether (sulfide) groups is 1. The number of amides is 1. The summed E-state index contributed by atoms with van der Waals surface area (Å²) >= 11 is 7.26. The number of carbonyl (C=O) groups is 1. The lowest BCUT2D eigenvalue weighted by Crippen LogP contribution is -2.20. The molecule has 160 valence electrons. The van der Waals surface area contributed by atoms with Crippen LogP contribution in [0.2, 0.25) is 5.02 Å². The zero-order valence-electron chi connectivity index (χ0n) is 16.6. The van der Waals surface area contributed by atoms with Gasteiger partial charge in [0.05, 0.1) is 12.0 Å². The van der Waals surface area contributed by atoms with Crippen LogP contribution in [0, 0.1) is 0 Å². The molecule has 0 radical (unpaired) electrons. The maximum absolute atomic E-state index is 12.3. The summed E-state index contributed by atoms with van der Waals surface area (Å²) in [6, 6.07) is 17.7. The van der Waals surface area contributed by atoms with Gasteiger partial charge in [-0.2, -0.15) is 5.10 Å². The second-order valence-electron chi connectivity index (χ2n) is 6.49. The van der Waals surface area contributed by atoms with Crippen molar-refractivity contribution < 1.29 is 9.90 Å². The van der Waals surface area contributed by atoms with Crippen LogP contribution in [0.4, 0.5) is 0 Å². The van der Waals surface area contributed by atoms with Crippen molar-refractivity contribution in [3.63, 3.8) is 0 Å². The van der Waals surface area contributed by atoms with Crippen LogP contribution in [-0.4, -0.2) is 42.7 Å². The molecule has 32 heavy (non-hydrogen) atoms. The summed E-state index contributed by atoms with van der Waals surface area (Å²) in [4.78, 5) is 16.3. The van der Waals surface area contributed by atoms with Crippen LogP contribution < -0.4 is 5.43 Å². The Balaban J connectivity index is 1.51. The molecule has 2 heterocycles. The summed E-state index contributed by atoms with van der Waals surface area (Å²) in [7, 11) is 0. The number of para-hydroxylation sites is 1. The lowest BCUT2D eigenvalue weighted by molar-refractivity contribution is -0.118. The summed E-state index contributed by atoms with van der Waals surface area (Å²) in [5.74, 6) is 0.452. The molecule has 0 aliphatic carbocycles. The number of hydrogen-bond donors (Lipinski definition) is 2. The van der Waals surface area contributed by atoms with E-state index in [2.05, 4.69) is 25.7 Å². The minimum atomic E-state index is -0.321. The smallest absolute Gasteiger partial charge is 0.250 e. The monoisotopic (exact) mass is 464 g/mol. The Morgan fingerprint density at radius 3 is 2.59 bits per heavy atom. The first kappa shape index (κ1) is 21.5. The van der Waals surface area contributed by atoms with E-state index in [0.717, 1.165) is 11.3 Å². The molecular weight excluding hydrogens is 448 g/mol. The summed E-state index contributed by atoms with van der Waals surface area (Å²) in [6.45, 7) is 0. The molecule has 8 nitrogen and oxygen atoms in total. The molecule has 0 aliphatic heterocycles. The zero-order valence-corrected chi connectivity index (χ0v) is 18.2. The van der Waals surface area contributed by atoms with E-state index in [9.17, 15) is 9.90 Å². The van der Waals surface area contributed by atoms with E-state index in [-0.39, 0.29) is 17.4 Å². The first-order valence-electron chi connectivity index (χ1n) is 9.46. The number of phenolic OH excluding ortho intramolecular Hbond substituents is 1. The number of nitrogens with one attached hydrogen (secondary N) is 1. The average molecular weight is 465 g/mol. The van der Waals surface area contributed by atoms with Crippen molar-refractivity contribution in [2.75, 3.05) is 5.75 Å². The number of rotatable bonds is 7. The third kappa shape index (κ3) is 5.13. The second kappa shape index (κ2) is 10.1. The fourth-order valence-electron chi connectivity index (χ4n) is 2.81. The molecule has 0 unspecified atom stereocenters. The van der Waals surface area contributed by atoms with Gasteiger partial charge in [-0.3, -0.25) is 14.3 Å². The summed E-state index contributed by atoms with van der Waals surface area (Å²) < 4.78 is 1.86. The Bertz CT molecular complexity index is 1250. The molecule has 0 saturated carbocycles. The molecular formula is C22H17ClN6O2S. The fourth-order valence-corrected chi connectivity index (χ4v) is 3.68. The second-order valence-corrected chi connectivity index (χ2v) is 7.87. The van der Waals surface area contributed by atoms with Gasteiger partial charge in [0, 0.05) is 34.2 Å². The number of pyridine rings is 1. The van der Waals surface area contributed by atoms with Crippen molar-refractivity contribution in [3.8, 4) is 22.8 Å². The van der Waals surface area contributed by atoms with Crippen LogP contribution in [0.25, 0.3) is 17.1 Å². The number of hydrogen-bond acceptors (Lipinski definition) is 7. The zero-order chi connectivity index (χ0) is 22.3. The number of aromatic nitrogens is 4. The molecule has 4 aromatic rings. The first-order valence-corrected chi connectivity index (χ1v) is 10.8. The molecule has 10 heteroatoms. The third-order valence-corrected chi connectivity index (χ3v) is 5.50. The third-order valence-electron chi connectivity index (χ3n) is 4.32. The van der Waals surface area contributed by atoms with Gasteiger partial charge in [0.15, 0.2) is 11.0 Å². The van der Waals surface area contributed by atoms with Crippen LogP contribution in [0.1, 0.15) is 5.56 Å². The fraction of sp³-hybridized carbons (Fsp3) is 0.0455. The first-order chi connectivity index (χ1) is 15.6. The Hall–Kier alpha value is -3.69. The highest BCUT2D eigenvalue weighted by molar-refractivity contribution is 7.99. The maximum atomic E-state index is 12.3. The molecule has 0 bridgehead atoms. The number of halogens is 1. The highest BCUT2D eigenvalue weighted by atomic mass is 35.5. The highest BCUT2D eigenvalue weighted by Crippen LogP contribution is 2.28. The summed E-state index contributed by atoms with van der Waals surface area (Å²) in [5.41, 5.74) is 4.60. The normalized spacial score (nSPS) is 11.0. The molecule has 0 saturated heterocycles. The molecule has 1 amide bonds. The largest absolute Gasteiger partial charge is 0.507 e. The van der Waals surface area contributed by atoms with Gasteiger partial charge in [-0.1, -0.05) is 35.5 Å². The number of carbonyl (C=O) groups excluding carboxylic acids is 1. The van der Waals surface area contributed by atoms with Gasteiger partial charge in [-0.05, 0) is 48.5 Å². The van der Waals surface area contributed by atoms with E-state index in [0.29, 0.717) is 21.6 Å². The van der Waals surface area contributed by atoms with Crippen LogP contribution in [0.15, 0.2) is 83.3 Å². The van der Waals surface area contributed by atoms with E-state index < -0.39 is 0 Å². The predicted molar refractivity (Wildman–Crippen MR) is 124 cm³/mol. The van der Waals surface area contributed by atoms with Gasteiger partial charge in [-0.25, -0.2) is 5.43 Å². The van der Waals surface area contributed by atoms with Gasteiger partial charge in [0.25, 0.3) is 5.91 Å². The number of phenols is 1. The molecule has 4 rings (SSSR count). The number of nitrogens with zero attached hydrogens (tertiary/aromatic N) is 5. The molecule has 0 atom stereocenters. The molecule has 0 fully saturated rings. The Kier molecular flexibility index (Phi) is 6.78. The Morgan fingerprint density at radius 2 is 1.84 bits per heavy atom. The van der Waals surface area contributed by atoms with Gasteiger partial charge in [0.1, 0.15) is 5.75 Å². The van der Waals surface area contributed by atoms with Gasteiger partial charge in [-0.15, -0.1) is 10.2 Å². The highest BCUT2D eigenvalue weighted by Gasteiger charge is 2.17. The van der Waals surface area contributed by atoms with E-state index >= 15 is 0 Å². The van der Waals surface area contributed by atoms with Crippen LogP contribution in [0.5, 0.6) is 5.75 Å². The van der Waals surface area contributed by atoms with E-state index in [1.165, 1.54) is 18.0 Å². The quantitative estimate of drug-likeness (QED) is 0.244. The van der Waals surface area contributed by atoms with E-state index in [1.54, 1.807) is 48.8 Å². The van der Waals surface area contributed by atoms with Crippen LogP contribution >= 0.6 is 23.4 Å². The predicted octanol–water partition coefficient (Wildman–Crippen LogP) is 3.93. The number of aromatic hydroxyl groups is 1. The van der Waals surface area contributed by atoms with Crippen molar-refractivity contribution in [2.45, 2.75) is 5.16 Å². The van der Waals surface area contributed by atoms with Crippen LogP contribution in [-0.2, 0) is 4.79 Å². The minimum absolute atomic E-state index is 0.0696.